The number of amides is 1. The molecule has 2 aromatic rings. The van der Waals surface area contributed by atoms with Crippen LogP contribution in [0, 0.1) is 6.92 Å². The molecule has 1 N–H and O–H groups in total. The van der Waals surface area contributed by atoms with Gasteiger partial charge in [-0.2, -0.15) is 0 Å². The Hall–Kier alpha value is -1.62. The van der Waals surface area contributed by atoms with E-state index in [4.69, 9.17) is 0 Å². The molecule has 0 unspecified atom stereocenters. The average molecular weight is 249 g/mol. The van der Waals surface area contributed by atoms with Crippen molar-refractivity contribution in [2.24, 2.45) is 7.05 Å². The summed E-state index contributed by atoms with van der Waals surface area (Å²) in [7, 11) is 1.86. The Morgan fingerprint density at radius 1 is 1.59 bits per heavy atom. The topological polar surface area (TPSA) is 46.9 Å². The Balaban J connectivity index is 1.83. The van der Waals surface area contributed by atoms with E-state index in [2.05, 4.69) is 10.3 Å². The summed E-state index contributed by atoms with van der Waals surface area (Å²) in [6, 6.07) is 3.67. The highest BCUT2D eigenvalue weighted by molar-refractivity contribution is 7.09. The van der Waals surface area contributed by atoms with E-state index < -0.39 is 0 Å². The molecule has 2 rings (SSSR count). The highest BCUT2D eigenvalue weighted by Crippen LogP contribution is 2.08. The molecule has 0 fully saturated rings. The third kappa shape index (κ3) is 2.94. The van der Waals surface area contributed by atoms with Crippen LogP contribution in [0.15, 0.2) is 23.7 Å². The predicted molar refractivity (Wildman–Crippen MR) is 68.3 cm³/mol. The summed E-state index contributed by atoms with van der Waals surface area (Å²) >= 11 is 1.63. The Kier molecular flexibility index (Phi) is 3.58. The number of carbonyl (C=O) groups excluding carboxylic acids is 1. The molecule has 17 heavy (non-hydrogen) atoms. The summed E-state index contributed by atoms with van der Waals surface area (Å²) in [5.41, 5.74) is 1.72. The van der Waals surface area contributed by atoms with Crippen molar-refractivity contribution in [1.29, 1.82) is 0 Å². The van der Waals surface area contributed by atoms with E-state index in [1.54, 1.807) is 11.3 Å². The van der Waals surface area contributed by atoms with Gasteiger partial charge in [0.2, 0.25) is 0 Å². The smallest absolute Gasteiger partial charge is 0.267 e. The monoisotopic (exact) mass is 249 g/mol. The van der Waals surface area contributed by atoms with E-state index in [1.807, 2.05) is 42.2 Å². The fraction of sp³-hybridized carbons (Fsp3) is 0.333. The van der Waals surface area contributed by atoms with Crippen LogP contribution in [-0.4, -0.2) is 22.0 Å². The molecule has 0 aliphatic rings. The van der Waals surface area contributed by atoms with Gasteiger partial charge >= 0.3 is 0 Å². The fourth-order valence-corrected chi connectivity index (χ4v) is 2.36. The Bertz CT molecular complexity index is 515. The van der Waals surface area contributed by atoms with Crippen LogP contribution >= 0.6 is 11.3 Å². The fourth-order valence-electron chi connectivity index (χ4n) is 1.59. The molecular formula is C12H15N3OS. The lowest BCUT2D eigenvalue weighted by Crippen LogP contribution is -2.27. The Morgan fingerprint density at radius 2 is 2.41 bits per heavy atom. The molecule has 2 heterocycles. The molecule has 90 valence electrons. The van der Waals surface area contributed by atoms with Crippen LogP contribution in [0.4, 0.5) is 0 Å². The molecule has 4 nitrogen and oxygen atoms in total. The van der Waals surface area contributed by atoms with Gasteiger partial charge < -0.3 is 9.88 Å². The molecule has 1 amide bonds. The van der Waals surface area contributed by atoms with Crippen LogP contribution in [0.25, 0.3) is 0 Å². The number of nitrogens with zero attached hydrogens (tertiary/aromatic N) is 2. The minimum atomic E-state index is -0.0363. The summed E-state index contributed by atoms with van der Waals surface area (Å²) < 4.78 is 1.81. The van der Waals surface area contributed by atoms with Crippen molar-refractivity contribution in [2.75, 3.05) is 6.54 Å². The maximum Gasteiger partial charge on any atom is 0.267 e. The largest absolute Gasteiger partial charge is 0.350 e. The van der Waals surface area contributed by atoms with Crippen molar-refractivity contribution in [3.8, 4) is 0 Å². The minimum absolute atomic E-state index is 0.0363. The summed E-state index contributed by atoms with van der Waals surface area (Å²) in [5.74, 6) is -0.0363. The first-order valence-electron chi connectivity index (χ1n) is 5.47. The van der Waals surface area contributed by atoms with E-state index in [9.17, 15) is 4.79 Å². The van der Waals surface area contributed by atoms with Gasteiger partial charge in [0.25, 0.3) is 5.91 Å². The van der Waals surface area contributed by atoms with Crippen LogP contribution in [0.5, 0.6) is 0 Å². The molecule has 0 aliphatic carbocycles. The zero-order valence-electron chi connectivity index (χ0n) is 9.93. The van der Waals surface area contributed by atoms with Gasteiger partial charge in [-0.05, 0) is 19.1 Å². The molecule has 0 aliphatic heterocycles. The second kappa shape index (κ2) is 5.14. The highest BCUT2D eigenvalue weighted by Gasteiger charge is 2.08. The lowest BCUT2D eigenvalue weighted by Gasteiger charge is -2.04. The molecule has 0 bridgehead atoms. The van der Waals surface area contributed by atoms with Gasteiger partial charge in [0, 0.05) is 37.3 Å². The molecule has 5 heteroatoms. The van der Waals surface area contributed by atoms with Gasteiger partial charge in [0.05, 0.1) is 5.01 Å². The van der Waals surface area contributed by atoms with E-state index in [0.29, 0.717) is 12.2 Å². The van der Waals surface area contributed by atoms with Crippen molar-refractivity contribution in [2.45, 2.75) is 13.3 Å². The van der Waals surface area contributed by atoms with Gasteiger partial charge in [-0.3, -0.25) is 4.79 Å². The van der Waals surface area contributed by atoms with Crippen LogP contribution in [-0.2, 0) is 13.5 Å². The molecule has 0 aromatic carbocycles. The van der Waals surface area contributed by atoms with E-state index in [1.165, 1.54) is 0 Å². The minimum Gasteiger partial charge on any atom is -0.350 e. The van der Waals surface area contributed by atoms with E-state index >= 15 is 0 Å². The Labute approximate surface area is 104 Å². The standard InChI is InChI=1S/C12H15N3OS/c1-9-8-17-11(14-9)5-6-13-12(16)10-4-3-7-15(10)2/h3-4,7-8H,5-6H2,1-2H3,(H,13,16). The van der Waals surface area contributed by atoms with Gasteiger partial charge in [-0.25, -0.2) is 4.98 Å². The van der Waals surface area contributed by atoms with E-state index in [0.717, 1.165) is 17.1 Å². The second-order valence-electron chi connectivity index (χ2n) is 3.89. The lowest BCUT2D eigenvalue weighted by atomic mass is 10.3. The molecule has 2 aromatic heterocycles. The SMILES string of the molecule is Cc1csc(CCNC(=O)c2cccn2C)n1. The number of nitrogens with one attached hydrogen (secondary N) is 1. The highest BCUT2D eigenvalue weighted by atomic mass is 32.1. The predicted octanol–water partition coefficient (Wildman–Crippen LogP) is 1.76. The Morgan fingerprint density at radius 3 is 3.00 bits per heavy atom. The van der Waals surface area contributed by atoms with Gasteiger partial charge in [-0.15, -0.1) is 11.3 Å². The molecule has 0 radical (unpaired) electrons. The first-order valence-corrected chi connectivity index (χ1v) is 6.35. The number of aromatic nitrogens is 2. The van der Waals surface area contributed by atoms with Gasteiger partial charge in [-0.1, -0.05) is 0 Å². The normalized spacial score (nSPS) is 10.5. The first-order chi connectivity index (χ1) is 8.16. The second-order valence-corrected chi connectivity index (χ2v) is 4.84. The number of thiazole rings is 1. The van der Waals surface area contributed by atoms with Crippen molar-refractivity contribution in [3.63, 3.8) is 0 Å². The summed E-state index contributed by atoms with van der Waals surface area (Å²) in [5, 5.41) is 5.98. The van der Waals surface area contributed by atoms with Crippen molar-refractivity contribution < 1.29 is 4.79 Å². The van der Waals surface area contributed by atoms with Crippen LogP contribution in [0.1, 0.15) is 21.2 Å². The maximum atomic E-state index is 11.8. The van der Waals surface area contributed by atoms with Crippen molar-refractivity contribution in [1.82, 2.24) is 14.9 Å². The third-order valence-electron chi connectivity index (χ3n) is 2.47. The first kappa shape index (κ1) is 11.9. The third-order valence-corrected chi connectivity index (χ3v) is 3.49. The molecule has 0 saturated heterocycles. The zero-order valence-corrected chi connectivity index (χ0v) is 10.8. The number of hydrogen-bond acceptors (Lipinski definition) is 3. The number of hydrogen-bond donors (Lipinski definition) is 1. The molecule has 0 spiro atoms. The van der Waals surface area contributed by atoms with Gasteiger partial charge in [0.15, 0.2) is 0 Å². The summed E-state index contributed by atoms with van der Waals surface area (Å²) in [6.45, 7) is 2.60. The zero-order chi connectivity index (χ0) is 12.3. The maximum absolute atomic E-state index is 11.8. The lowest BCUT2D eigenvalue weighted by molar-refractivity contribution is 0.0946. The van der Waals surface area contributed by atoms with E-state index in [-0.39, 0.29) is 5.91 Å². The van der Waals surface area contributed by atoms with Gasteiger partial charge in [0.1, 0.15) is 5.69 Å². The quantitative estimate of drug-likeness (QED) is 0.897. The van der Waals surface area contributed by atoms with Crippen LogP contribution in [0.3, 0.4) is 0 Å². The van der Waals surface area contributed by atoms with Crippen molar-refractivity contribution >= 4 is 17.2 Å². The summed E-state index contributed by atoms with van der Waals surface area (Å²) in [6.07, 6.45) is 2.65. The average Bonchev–Trinajstić information content (AvgIpc) is 2.87. The number of aryl methyl sites for hydroxylation is 2. The number of carbonyl (C=O) groups is 1. The molecular weight excluding hydrogens is 234 g/mol. The summed E-state index contributed by atoms with van der Waals surface area (Å²) in [4.78, 5) is 16.1. The number of rotatable bonds is 4. The molecule has 0 atom stereocenters. The molecule has 0 saturated carbocycles. The van der Waals surface area contributed by atoms with Crippen LogP contribution < -0.4 is 5.32 Å². The van der Waals surface area contributed by atoms with Crippen LogP contribution in [0.2, 0.25) is 0 Å². The van der Waals surface area contributed by atoms with Crippen molar-refractivity contribution in [3.05, 3.63) is 40.1 Å².